The zero-order valence-electron chi connectivity index (χ0n) is 12.0. The number of rotatable bonds is 4. The van der Waals surface area contributed by atoms with Gasteiger partial charge in [0, 0.05) is 25.7 Å². The Labute approximate surface area is 122 Å². The number of nitrogens with zero attached hydrogens (tertiary/aromatic N) is 4. The number of hydrogen-bond acceptors (Lipinski definition) is 5. The molecular weight excluding hydrogens is 310 g/mol. The van der Waals surface area contributed by atoms with E-state index in [9.17, 15) is 0 Å². The Kier molecular flexibility index (Phi) is 4.60. The molecule has 1 aliphatic heterocycles. The van der Waals surface area contributed by atoms with Gasteiger partial charge in [0.1, 0.15) is 0 Å². The standard InChI is InChI=1S/C12H22BrN5O/c1-12(2,18-5-7-19-8-6-18)10(14-3)9-11(13)15-16-17(9)4/h10,14H,5-8H2,1-4H3. The van der Waals surface area contributed by atoms with Crippen molar-refractivity contribution in [3.8, 4) is 0 Å². The van der Waals surface area contributed by atoms with Gasteiger partial charge in [-0.05, 0) is 36.8 Å². The zero-order chi connectivity index (χ0) is 14.0. The summed E-state index contributed by atoms with van der Waals surface area (Å²) in [6, 6.07) is 0.139. The molecule has 2 heterocycles. The van der Waals surface area contributed by atoms with Crippen LogP contribution in [0.3, 0.4) is 0 Å². The predicted molar refractivity (Wildman–Crippen MR) is 77.0 cm³/mol. The van der Waals surface area contributed by atoms with Crippen molar-refractivity contribution in [2.75, 3.05) is 33.4 Å². The molecule has 1 fully saturated rings. The SMILES string of the molecule is CNC(c1c(Br)nnn1C)C(C)(C)N1CCOCC1. The van der Waals surface area contributed by atoms with E-state index in [0.717, 1.165) is 36.6 Å². The summed E-state index contributed by atoms with van der Waals surface area (Å²) >= 11 is 3.50. The number of morpholine rings is 1. The van der Waals surface area contributed by atoms with Gasteiger partial charge in [-0.1, -0.05) is 5.21 Å². The van der Waals surface area contributed by atoms with Crippen molar-refractivity contribution in [1.29, 1.82) is 0 Å². The van der Waals surface area contributed by atoms with Crippen molar-refractivity contribution in [1.82, 2.24) is 25.2 Å². The number of likely N-dealkylation sites (N-methyl/N-ethyl adjacent to an activating group) is 1. The zero-order valence-corrected chi connectivity index (χ0v) is 13.6. The average molecular weight is 332 g/mol. The highest BCUT2D eigenvalue weighted by Gasteiger charge is 2.39. The molecule has 1 aromatic heterocycles. The molecule has 7 heteroatoms. The molecule has 0 bridgehead atoms. The molecule has 1 atom stereocenters. The molecule has 1 N–H and O–H groups in total. The lowest BCUT2D eigenvalue weighted by Crippen LogP contribution is -2.56. The predicted octanol–water partition coefficient (Wildman–Crippen LogP) is 0.949. The Morgan fingerprint density at radius 3 is 2.47 bits per heavy atom. The van der Waals surface area contributed by atoms with Crippen LogP contribution >= 0.6 is 15.9 Å². The first kappa shape index (κ1) is 14.9. The first-order valence-corrected chi connectivity index (χ1v) is 7.33. The van der Waals surface area contributed by atoms with Gasteiger partial charge in [0.2, 0.25) is 0 Å². The van der Waals surface area contributed by atoms with E-state index in [1.807, 2.05) is 18.8 Å². The third-order valence-electron chi connectivity index (χ3n) is 3.92. The molecule has 108 valence electrons. The van der Waals surface area contributed by atoms with Crippen LogP contribution in [0.15, 0.2) is 4.60 Å². The van der Waals surface area contributed by atoms with Crippen molar-refractivity contribution in [2.24, 2.45) is 7.05 Å². The van der Waals surface area contributed by atoms with Crippen LogP contribution in [0.2, 0.25) is 0 Å². The molecule has 1 saturated heterocycles. The molecule has 1 unspecified atom stereocenters. The Bertz CT molecular complexity index is 408. The summed E-state index contributed by atoms with van der Waals surface area (Å²) in [4.78, 5) is 2.46. The second-order valence-corrected chi connectivity index (χ2v) is 6.12. The molecule has 0 aromatic carbocycles. The second-order valence-electron chi connectivity index (χ2n) is 5.36. The third-order valence-corrected chi connectivity index (χ3v) is 4.49. The topological polar surface area (TPSA) is 55.2 Å². The summed E-state index contributed by atoms with van der Waals surface area (Å²) in [6.45, 7) is 8.00. The lowest BCUT2D eigenvalue weighted by Gasteiger charge is -2.45. The maximum atomic E-state index is 5.45. The number of aryl methyl sites for hydroxylation is 1. The van der Waals surface area contributed by atoms with E-state index in [0.29, 0.717) is 0 Å². The summed E-state index contributed by atoms with van der Waals surface area (Å²) in [6.07, 6.45) is 0. The summed E-state index contributed by atoms with van der Waals surface area (Å²) < 4.78 is 8.07. The van der Waals surface area contributed by atoms with Crippen LogP contribution in [0.5, 0.6) is 0 Å². The minimum Gasteiger partial charge on any atom is -0.379 e. The van der Waals surface area contributed by atoms with Crippen LogP contribution in [0.1, 0.15) is 25.6 Å². The Morgan fingerprint density at radius 1 is 1.37 bits per heavy atom. The lowest BCUT2D eigenvalue weighted by molar-refractivity contribution is -0.0239. The monoisotopic (exact) mass is 331 g/mol. The molecule has 0 spiro atoms. The first-order valence-electron chi connectivity index (χ1n) is 6.53. The largest absolute Gasteiger partial charge is 0.379 e. The van der Waals surface area contributed by atoms with E-state index >= 15 is 0 Å². The summed E-state index contributed by atoms with van der Waals surface area (Å²) in [5, 5.41) is 11.6. The number of hydrogen-bond donors (Lipinski definition) is 1. The van der Waals surface area contributed by atoms with E-state index in [4.69, 9.17) is 4.74 Å². The molecule has 2 rings (SSSR count). The van der Waals surface area contributed by atoms with Crippen molar-refractivity contribution in [3.05, 3.63) is 10.3 Å². The summed E-state index contributed by atoms with van der Waals surface area (Å²) in [7, 11) is 3.90. The van der Waals surface area contributed by atoms with Gasteiger partial charge in [-0.25, -0.2) is 4.68 Å². The normalized spacial score (nSPS) is 19.6. The number of nitrogens with one attached hydrogen (secondary N) is 1. The quantitative estimate of drug-likeness (QED) is 0.890. The highest BCUT2D eigenvalue weighted by atomic mass is 79.9. The maximum absolute atomic E-state index is 5.45. The van der Waals surface area contributed by atoms with E-state index < -0.39 is 0 Å². The van der Waals surface area contributed by atoms with Crippen LogP contribution in [0, 0.1) is 0 Å². The molecule has 0 saturated carbocycles. The van der Waals surface area contributed by atoms with Gasteiger partial charge >= 0.3 is 0 Å². The van der Waals surface area contributed by atoms with E-state index in [1.165, 1.54) is 0 Å². The van der Waals surface area contributed by atoms with E-state index in [-0.39, 0.29) is 11.6 Å². The minimum atomic E-state index is -0.0451. The molecule has 0 radical (unpaired) electrons. The Morgan fingerprint density at radius 2 is 2.00 bits per heavy atom. The Hall–Kier alpha value is -0.500. The molecule has 6 nitrogen and oxygen atoms in total. The van der Waals surface area contributed by atoms with Gasteiger partial charge in [-0.15, -0.1) is 5.10 Å². The highest BCUT2D eigenvalue weighted by molar-refractivity contribution is 9.10. The maximum Gasteiger partial charge on any atom is 0.153 e. The highest BCUT2D eigenvalue weighted by Crippen LogP contribution is 2.33. The second kappa shape index (κ2) is 5.87. The van der Waals surface area contributed by atoms with E-state index in [1.54, 1.807) is 0 Å². The average Bonchev–Trinajstić information content (AvgIpc) is 2.72. The minimum absolute atomic E-state index is 0.0451. The van der Waals surface area contributed by atoms with Gasteiger partial charge < -0.3 is 10.1 Å². The summed E-state index contributed by atoms with van der Waals surface area (Å²) in [5.74, 6) is 0. The first-order chi connectivity index (χ1) is 8.98. The van der Waals surface area contributed by atoms with Gasteiger partial charge in [-0.3, -0.25) is 4.90 Å². The fraction of sp³-hybridized carbons (Fsp3) is 0.833. The molecule has 0 aliphatic carbocycles. The van der Waals surface area contributed by atoms with Crippen LogP contribution < -0.4 is 5.32 Å². The van der Waals surface area contributed by atoms with Crippen molar-refractivity contribution < 1.29 is 4.74 Å². The van der Waals surface area contributed by atoms with Crippen molar-refractivity contribution in [2.45, 2.75) is 25.4 Å². The summed E-state index contributed by atoms with van der Waals surface area (Å²) in [5.41, 5.74) is 1.02. The molecule has 1 aromatic rings. The van der Waals surface area contributed by atoms with Crippen LogP contribution in [-0.4, -0.2) is 58.8 Å². The Balaban J connectivity index is 2.29. The molecule has 0 amide bonds. The van der Waals surface area contributed by atoms with Gasteiger partial charge in [-0.2, -0.15) is 0 Å². The van der Waals surface area contributed by atoms with Gasteiger partial charge in [0.25, 0.3) is 0 Å². The van der Waals surface area contributed by atoms with Gasteiger partial charge in [0.15, 0.2) is 4.60 Å². The lowest BCUT2D eigenvalue weighted by atomic mass is 9.89. The molecular formula is C12H22BrN5O. The fourth-order valence-corrected chi connectivity index (χ4v) is 3.35. The third kappa shape index (κ3) is 2.84. The molecule has 1 aliphatic rings. The van der Waals surface area contributed by atoms with Crippen LogP contribution in [0.4, 0.5) is 0 Å². The van der Waals surface area contributed by atoms with Gasteiger partial charge in [0.05, 0.1) is 24.9 Å². The van der Waals surface area contributed by atoms with Crippen molar-refractivity contribution in [3.63, 3.8) is 0 Å². The fourth-order valence-electron chi connectivity index (χ4n) is 2.79. The number of aromatic nitrogens is 3. The van der Waals surface area contributed by atoms with E-state index in [2.05, 4.69) is 50.3 Å². The smallest absolute Gasteiger partial charge is 0.153 e. The molecule has 19 heavy (non-hydrogen) atoms. The number of ether oxygens (including phenoxy) is 1. The number of halogens is 1. The van der Waals surface area contributed by atoms with Crippen molar-refractivity contribution >= 4 is 15.9 Å². The van der Waals surface area contributed by atoms with Crippen LogP contribution in [0.25, 0.3) is 0 Å². The van der Waals surface area contributed by atoms with Crippen LogP contribution in [-0.2, 0) is 11.8 Å².